The van der Waals surface area contributed by atoms with E-state index in [1.165, 1.54) is 5.56 Å². The molecule has 0 radical (unpaired) electrons. The quantitative estimate of drug-likeness (QED) is 0.749. The molecular formula is C12H13NS. The second kappa shape index (κ2) is 5.51. The maximum Gasteiger partial charge on any atom is 0.0991 e. The lowest BCUT2D eigenvalue weighted by molar-refractivity contribution is 1.26. The molecule has 0 spiro atoms. The largest absolute Gasteiger partial charge is 0.192 e. The summed E-state index contributed by atoms with van der Waals surface area (Å²) in [6, 6.07) is 7.84. The van der Waals surface area contributed by atoms with Crippen LogP contribution in [0.25, 0.3) is 6.08 Å². The molecule has 0 N–H and O–H groups in total. The Bertz CT molecular complexity index is 374. The topological polar surface area (TPSA) is 23.8 Å². The minimum atomic E-state index is 0.717. The first-order valence-corrected chi connectivity index (χ1v) is 5.19. The highest BCUT2D eigenvalue weighted by molar-refractivity contribution is 7.80. The van der Waals surface area contributed by atoms with Crippen molar-refractivity contribution < 1.29 is 0 Å². The normalized spacial score (nSPS) is 10.4. The summed E-state index contributed by atoms with van der Waals surface area (Å²) in [7, 11) is 0. The van der Waals surface area contributed by atoms with Gasteiger partial charge in [-0.3, -0.25) is 0 Å². The molecule has 0 aliphatic rings. The predicted molar refractivity (Wildman–Crippen MR) is 63.4 cm³/mol. The van der Waals surface area contributed by atoms with Crippen molar-refractivity contribution in [3.8, 4) is 6.07 Å². The molecule has 0 unspecified atom stereocenters. The molecule has 0 bridgehead atoms. The smallest absolute Gasteiger partial charge is 0.0991 e. The Balaban J connectivity index is 2.85. The second-order valence-electron chi connectivity index (χ2n) is 3.10. The van der Waals surface area contributed by atoms with Gasteiger partial charge in [0.1, 0.15) is 0 Å². The number of thiol groups is 1. The number of hydrogen-bond acceptors (Lipinski definition) is 2. The number of aryl methyl sites for hydroxylation is 1. The molecule has 0 saturated heterocycles. The first-order chi connectivity index (χ1) is 6.77. The lowest BCUT2D eigenvalue weighted by Gasteiger charge is -1.99. The fourth-order valence-corrected chi connectivity index (χ4v) is 1.37. The summed E-state index contributed by atoms with van der Waals surface area (Å²) in [4.78, 5) is 0. The van der Waals surface area contributed by atoms with Crippen LogP contribution in [0.15, 0.2) is 24.3 Å². The number of allylic oxidation sites excluding steroid dienone is 1. The van der Waals surface area contributed by atoms with Crippen LogP contribution in [0.2, 0.25) is 0 Å². The van der Waals surface area contributed by atoms with Crippen LogP contribution in [0, 0.1) is 18.3 Å². The van der Waals surface area contributed by atoms with Gasteiger partial charge in [0.2, 0.25) is 0 Å². The van der Waals surface area contributed by atoms with E-state index in [0.717, 1.165) is 17.7 Å². The summed E-state index contributed by atoms with van der Waals surface area (Å²) in [5.74, 6) is 0.867. The third-order valence-corrected chi connectivity index (χ3v) is 2.25. The summed E-state index contributed by atoms with van der Waals surface area (Å²) < 4.78 is 0. The van der Waals surface area contributed by atoms with Crippen LogP contribution >= 0.6 is 12.6 Å². The Morgan fingerprint density at radius 1 is 1.50 bits per heavy atom. The van der Waals surface area contributed by atoms with Crippen molar-refractivity contribution in [1.29, 1.82) is 5.26 Å². The zero-order chi connectivity index (χ0) is 10.4. The SMILES string of the molecule is Cc1cc(C#N)ccc1C=CCCS. The maximum atomic E-state index is 8.69. The van der Waals surface area contributed by atoms with Crippen LogP contribution in [0.5, 0.6) is 0 Å². The van der Waals surface area contributed by atoms with Crippen molar-refractivity contribution in [3.05, 3.63) is 41.0 Å². The van der Waals surface area contributed by atoms with Gasteiger partial charge in [0.15, 0.2) is 0 Å². The fraction of sp³-hybridized carbons (Fsp3) is 0.250. The van der Waals surface area contributed by atoms with Crippen molar-refractivity contribution in [3.63, 3.8) is 0 Å². The molecule has 1 aromatic carbocycles. The number of rotatable bonds is 3. The Labute approximate surface area is 90.5 Å². The van der Waals surface area contributed by atoms with E-state index in [0.29, 0.717) is 5.56 Å². The number of hydrogen-bond donors (Lipinski definition) is 1. The van der Waals surface area contributed by atoms with Crippen LogP contribution < -0.4 is 0 Å². The summed E-state index contributed by atoms with van der Waals surface area (Å²) in [5.41, 5.74) is 3.03. The van der Waals surface area contributed by atoms with Crippen molar-refractivity contribution >= 4 is 18.7 Å². The molecule has 0 fully saturated rings. The van der Waals surface area contributed by atoms with Crippen LogP contribution in [0.3, 0.4) is 0 Å². The predicted octanol–water partition coefficient (Wildman–Crippen LogP) is 3.20. The molecule has 0 aromatic heterocycles. The van der Waals surface area contributed by atoms with E-state index in [9.17, 15) is 0 Å². The molecule has 1 rings (SSSR count). The van der Waals surface area contributed by atoms with Crippen molar-refractivity contribution in [1.82, 2.24) is 0 Å². The molecule has 2 heteroatoms. The van der Waals surface area contributed by atoms with Crippen molar-refractivity contribution in [2.75, 3.05) is 5.75 Å². The van der Waals surface area contributed by atoms with Gasteiger partial charge in [-0.15, -0.1) is 0 Å². The molecule has 1 aromatic rings. The molecule has 1 nitrogen and oxygen atoms in total. The Morgan fingerprint density at radius 2 is 2.29 bits per heavy atom. The number of nitrogens with zero attached hydrogens (tertiary/aromatic N) is 1. The molecule has 72 valence electrons. The molecular weight excluding hydrogens is 190 g/mol. The second-order valence-corrected chi connectivity index (χ2v) is 3.55. The van der Waals surface area contributed by atoms with Gasteiger partial charge in [-0.1, -0.05) is 18.2 Å². The van der Waals surface area contributed by atoms with Gasteiger partial charge in [-0.05, 0) is 42.4 Å². The summed E-state index contributed by atoms with van der Waals surface area (Å²) >= 11 is 4.13. The lowest BCUT2D eigenvalue weighted by atomic mass is 10.1. The molecule has 0 saturated carbocycles. The van der Waals surface area contributed by atoms with E-state index in [1.54, 1.807) is 0 Å². The van der Waals surface area contributed by atoms with Gasteiger partial charge < -0.3 is 0 Å². The summed E-state index contributed by atoms with van der Waals surface area (Å²) in [5, 5.41) is 8.69. The molecule has 0 amide bonds. The van der Waals surface area contributed by atoms with Crippen LogP contribution in [-0.2, 0) is 0 Å². The first kappa shape index (κ1) is 10.9. The Kier molecular flexibility index (Phi) is 4.28. The minimum Gasteiger partial charge on any atom is -0.192 e. The van der Waals surface area contributed by atoms with E-state index in [2.05, 4.69) is 30.9 Å². The summed E-state index contributed by atoms with van der Waals surface area (Å²) in [6.07, 6.45) is 5.15. The molecule has 0 aliphatic carbocycles. The highest BCUT2D eigenvalue weighted by Gasteiger charge is 1.95. The maximum absolute atomic E-state index is 8.69. The van der Waals surface area contributed by atoms with Crippen LogP contribution in [0.4, 0.5) is 0 Å². The van der Waals surface area contributed by atoms with Crippen molar-refractivity contribution in [2.45, 2.75) is 13.3 Å². The van der Waals surface area contributed by atoms with E-state index in [-0.39, 0.29) is 0 Å². The lowest BCUT2D eigenvalue weighted by Crippen LogP contribution is -1.82. The van der Waals surface area contributed by atoms with E-state index < -0.39 is 0 Å². The first-order valence-electron chi connectivity index (χ1n) is 4.56. The van der Waals surface area contributed by atoms with Gasteiger partial charge in [0.25, 0.3) is 0 Å². The minimum absolute atomic E-state index is 0.717. The zero-order valence-corrected chi connectivity index (χ0v) is 9.09. The van der Waals surface area contributed by atoms with Crippen LogP contribution in [0.1, 0.15) is 23.1 Å². The molecule has 14 heavy (non-hydrogen) atoms. The standard InChI is InChI=1S/C12H13NS/c1-10-8-11(9-13)5-6-12(10)4-2-3-7-14/h2,4-6,8,14H,3,7H2,1H3. The Hall–Kier alpha value is -1.20. The molecule has 0 aliphatic heterocycles. The van der Waals surface area contributed by atoms with Crippen LogP contribution in [-0.4, -0.2) is 5.75 Å². The van der Waals surface area contributed by atoms with E-state index in [1.807, 2.05) is 25.1 Å². The zero-order valence-electron chi connectivity index (χ0n) is 8.20. The third-order valence-electron chi connectivity index (χ3n) is 1.99. The molecule has 0 heterocycles. The van der Waals surface area contributed by atoms with Gasteiger partial charge in [-0.2, -0.15) is 17.9 Å². The van der Waals surface area contributed by atoms with Gasteiger partial charge in [0.05, 0.1) is 11.6 Å². The monoisotopic (exact) mass is 203 g/mol. The fourth-order valence-electron chi connectivity index (χ4n) is 1.22. The van der Waals surface area contributed by atoms with E-state index >= 15 is 0 Å². The average Bonchev–Trinajstić information content (AvgIpc) is 2.20. The average molecular weight is 203 g/mol. The molecule has 0 atom stereocenters. The van der Waals surface area contributed by atoms with Gasteiger partial charge in [0, 0.05) is 0 Å². The van der Waals surface area contributed by atoms with E-state index in [4.69, 9.17) is 5.26 Å². The number of nitriles is 1. The highest BCUT2D eigenvalue weighted by Crippen LogP contribution is 2.12. The Morgan fingerprint density at radius 3 is 2.86 bits per heavy atom. The van der Waals surface area contributed by atoms with Crippen molar-refractivity contribution in [2.24, 2.45) is 0 Å². The summed E-state index contributed by atoms with van der Waals surface area (Å²) in [6.45, 7) is 2.02. The van der Waals surface area contributed by atoms with Gasteiger partial charge in [-0.25, -0.2) is 0 Å². The number of benzene rings is 1. The third kappa shape index (κ3) is 2.93. The van der Waals surface area contributed by atoms with Gasteiger partial charge >= 0.3 is 0 Å². The highest BCUT2D eigenvalue weighted by atomic mass is 32.1.